The summed E-state index contributed by atoms with van der Waals surface area (Å²) in [7, 11) is 0. The molecule has 4 heteroatoms. The number of nitrogens with one attached hydrogen (secondary N) is 1. The molecule has 1 N–H and O–H groups in total. The van der Waals surface area contributed by atoms with Crippen LogP contribution in [0.3, 0.4) is 0 Å². The van der Waals surface area contributed by atoms with Gasteiger partial charge in [0.15, 0.2) is 0 Å². The van der Waals surface area contributed by atoms with Crippen LogP contribution < -0.4 is 4.74 Å². The summed E-state index contributed by atoms with van der Waals surface area (Å²) in [6.45, 7) is 2.96. The van der Waals surface area contributed by atoms with Crippen LogP contribution in [0.25, 0.3) is 0 Å². The lowest BCUT2D eigenvalue weighted by Gasteiger charge is -2.05. The predicted molar refractivity (Wildman–Crippen MR) is 57.7 cm³/mol. The van der Waals surface area contributed by atoms with Gasteiger partial charge in [0.05, 0.1) is 18.9 Å². The minimum atomic E-state index is -0.296. The van der Waals surface area contributed by atoms with Gasteiger partial charge in [-0.15, -0.1) is 0 Å². The molecule has 0 aromatic carbocycles. The number of aromatic amines is 1. The lowest BCUT2D eigenvalue weighted by molar-refractivity contribution is 0.0519. The molecule has 0 spiro atoms. The summed E-state index contributed by atoms with van der Waals surface area (Å²) < 4.78 is 10.5. The molecule has 1 saturated carbocycles. The maximum Gasteiger partial charge on any atom is 0.354 e. The molecule has 0 amide bonds. The van der Waals surface area contributed by atoms with E-state index in [-0.39, 0.29) is 5.97 Å². The summed E-state index contributed by atoms with van der Waals surface area (Å²) in [6, 6.07) is 1.76. The lowest BCUT2D eigenvalue weighted by Crippen LogP contribution is -2.08. The first-order valence-corrected chi connectivity index (χ1v) is 5.82. The SMILES string of the molecule is CCOC(=O)c1cc2c([nH]1)C(C1CC1)CO2. The fraction of sp³-hybridized carbons (Fsp3) is 0.583. The summed E-state index contributed by atoms with van der Waals surface area (Å²) in [5.74, 6) is 1.74. The van der Waals surface area contributed by atoms with Gasteiger partial charge in [0.1, 0.15) is 11.4 Å². The van der Waals surface area contributed by atoms with E-state index in [1.165, 1.54) is 12.8 Å². The van der Waals surface area contributed by atoms with Crippen LogP contribution in [0.4, 0.5) is 0 Å². The maximum atomic E-state index is 11.5. The minimum Gasteiger partial charge on any atom is -0.491 e. The first kappa shape index (κ1) is 9.75. The highest BCUT2D eigenvalue weighted by Gasteiger charge is 2.39. The Morgan fingerprint density at radius 1 is 1.62 bits per heavy atom. The molecule has 1 fully saturated rings. The molecule has 1 atom stereocenters. The molecule has 4 nitrogen and oxygen atoms in total. The third-order valence-corrected chi connectivity index (χ3v) is 3.29. The van der Waals surface area contributed by atoms with E-state index in [1.807, 2.05) is 0 Å². The van der Waals surface area contributed by atoms with Crippen LogP contribution in [0.2, 0.25) is 0 Å². The largest absolute Gasteiger partial charge is 0.491 e. The molecule has 1 aliphatic carbocycles. The molecular weight excluding hydrogens is 206 g/mol. The van der Waals surface area contributed by atoms with E-state index in [9.17, 15) is 4.79 Å². The van der Waals surface area contributed by atoms with Crippen LogP contribution in [0.15, 0.2) is 6.07 Å². The van der Waals surface area contributed by atoms with E-state index in [2.05, 4.69) is 4.98 Å². The Labute approximate surface area is 93.9 Å². The van der Waals surface area contributed by atoms with Gasteiger partial charge in [-0.05, 0) is 25.7 Å². The molecular formula is C12H15NO3. The van der Waals surface area contributed by atoms with Crippen LogP contribution in [-0.2, 0) is 4.74 Å². The molecule has 3 rings (SSSR count). The Balaban J connectivity index is 1.84. The van der Waals surface area contributed by atoms with Gasteiger partial charge in [0.2, 0.25) is 0 Å². The van der Waals surface area contributed by atoms with Crippen molar-refractivity contribution >= 4 is 5.97 Å². The number of H-pyrrole nitrogens is 1. The molecule has 0 bridgehead atoms. The zero-order valence-corrected chi connectivity index (χ0v) is 9.29. The molecule has 1 aromatic rings. The fourth-order valence-electron chi connectivity index (χ4n) is 2.30. The van der Waals surface area contributed by atoms with Crippen molar-refractivity contribution in [2.45, 2.75) is 25.7 Å². The van der Waals surface area contributed by atoms with Gasteiger partial charge in [0, 0.05) is 12.0 Å². The minimum absolute atomic E-state index is 0.296. The van der Waals surface area contributed by atoms with Crippen molar-refractivity contribution in [3.05, 3.63) is 17.5 Å². The summed E-state index contributed by atoms with van der Waals surface area (Å²) in [5, 5.41) is 0. The van der Waals surface area contributed by atoms with Gasteiger partial charge < -0.3 is 14.5 Å². The summed E-state index contributed by atoms with van der Waals surface area (Å²) in [4.78, 5) is 14.7. The smallest absolute Gasteiger partial charge is 0.354 e. The Kier molecular flexibility index (Phi) is 2.16. The van der Waals surface area contributed by atoms with E-state index >= 15 is 0 Å². The van der Waals surface area contributed by atoms with Crippen molar-refractivity contribution in [2.24, 2.45) is 5.92 Å². The molecule has 2 aliphatic rings. The van der Waals surface area contributed by atoms with Crippen LogP contribution in [-0.4, -0.2) is 24.2 Å². The van der Waals surface area contributed by atoms with Gasteiger partial charge in [-0.1, -0.05) is 0 Å². The number of carbonyl (C=O) groups is 1. The van der Waals surface area contributed by atoms with Crippen molar-refractivity contribution in [3.63, 3.8) is 0 Å². The normalized spacial score (nSPS) is 22.7. The molecule has 16 heavy (non-hydrogen) atoms. The third-order valence-electron chi connectivity index (χ3n) is 3.29. The molecule has 1 aliphatic heterocycles. The number of hydrogen-bond donors (Lipinski definition) is 1. The lowest BCUT2D eigenvalue weighted by atomic mass is 10.0. The van der Waals surface area contributed by atoms with Crippen molar-refractivity contribution in [3.8, 4) is 5.75 Å². The summed E-state index contributed by atoms with van der Waals surface area (Å²) in [6.07, 6.45) is 2.56. The van der Waals surface area contributed by atoms with Gasteiger partial charge in [-0.25, -0.2) is 4.79 Å². The number of hydrogen-bond acceptors (Lipinski definition) is 3. The van der Waals surface area contributed by atoms with Gasteiger partial charge in [-0.3, -0.25) is 0 Å². The highest BCUT2D eigenvalue weighted by Crippen LogP contribution is 2.48. The Hall–Kier alpha value is -1.45. The first-order chi connectivity index (χ1) is 7.79. The Morgan fingerprint density at radius 3 is 3.12 bits per heavy atom. The second kappa shape index (κ2) is 3.54. The van der Waals surface area contributed by atoms with E-state index in [0.29, 0.717) is 18.2 Å². The highest BCUT2D eigenvalue weighted by atomic mass is 16.5. The van der Waals surface area contributed by atoms with Gasteiger partial charge in [-0.2, -0.15) is 0 Å². The van der Waals surface area contributed by atoms with E-state index in [4.69, 9.17) is 9.47 Å². The van der Waals surface area contributed by atoms with Crippen LogP contribution in [0.5, 0.6) is 5.75 Å². The van der Waals surface area contributed by atoms with E-state index < -0.39 is 0 Å². The van der Waals surface area contributed by atoms with Gasteiger partial charge >= 0.3 is 5.97 Å². The van der Waals surface area contributed by atoms with Crippen molar-refractivity contribution in [2.75, 3.05) is 13.2 Å². The predicted octanol–water partition coefficient (Wildman–Crippen LogP) is 2.08. The monoisotopic (exact) mass is 221 g/mol. The average molecular weight is 221 g/mol. The van der Waals surface area contributed by atoms with Crippen LogP contribution in [0, 0.1) is 5.92 Å². The quantitative estimate of drug-likeness (QED) is 0.795. The van der Waals surface area contributed by atoms with Crippen molar-refractivity contribution in [1.82, 2.24) is 4.98 Å². The van der Waals surface area contributed by atoms with Crippen LogP contribution >= 0.6 is 0 Å². The maximum absolute atomic E-state index is 11.5. The Morgan fingerprint density at radius 2 is 2.44 bits per heavy atom. The summed E-state index contributed by atoms with van der Waals surface area (Å²) >= 11 is 0. The zero-order valence-electron chi connectivity index (χ0n) is 9.29. The molecule has 0 saturated heterocycles. The second-order valence-corrected chi connectivity index (χ2v) is 4.44. The number of rotatable bonds is 3. The topological polar surface area (TPSA) is 51.3 Å². The van der Waals surface area contributed by atoms with Crippen molar-refractivity contribution in [1.29, 1.82) is 0 Å². The van der Waals surface area contributed by atoms with E-state index in [0.717, 1.165) is 24.0 Å². The molecule has 86 valence electrons. The summed E-state index contributed by atoms with van der Waals surface area (Å²) in [5.41, 5.74) is 1.60. The number of esters is 1. The standard InChI is InChI=1S/C12H15NO3/c1-2-15-12(14)9-5-10-11(13-9)8(6-16-10)7-3-4-7/h5,7-8,13H,2-4,6H2,1H3. The highest BCUT2D eigenvalue weighted by molar-refractivity contribution is 5.88. The number of carbonyl (C=O) groups excluding carboxylic acids is 1. The average Bonchev–Trinajstić information content (AvgIpc) is 2.89. The van der Waals surface area contributed by atoms with Crippen LogP contribution in [0.1, 0.15) is 41.9 Å². The van der Waals surface area contributed by atoms with E-state index in [1.54, 1.807) is 13.0 Å². The second-order valence-electron chi connectivity index (χ2n) is 4.44. The molecule has 1 unspecified atom stereocenters. The van der Waals surface area contributed by atoms with Gasteiger partial charge in [0.25, 0.3) is 0 Å². The first-order valence-electron chi connectivity index (χ1n) is 5.82. The molecule has 2 heterocycles. The zero-order chi connectivity index (χ0) is 11.1. The fourth-order valence-corrected chi connectivity index (χ4v) is 2.30. The van der Waals surface area contributed by atoms with Crippen molar-refractivity contribution < 1.29 is 14.3 Å². The number of ether oxygens (including phenoxy) is 2. The number of fused-ring (bicyclic) bond motifs is 1. The molecule has 1 aromatic heterocycles. The third kappa shape index (κ3) is 1.49. The molecule has 0 radical (unpaired) electrons. The Bertz CT molecular complexity index is 420. The number of aromatic nitrogens is 1.